The lowest BCUT2D eigenvalue weighted by Gasteiger charge is -2.44. The first-order valence-corrected chi connectivity index (χ1v) is 8.79. The van der Waals surface area contributed by atoms with Crippen LogP contribution in [0.25, 0.3) is 0 Å². The van der Waals surface area contributed by atoms with Crippen LogP contribution in [0.3, 0.4) is 0 Å². The number of amides is 1. The molecule has 3 rings (SSSR count). The van der Waals surface area contributed by atoms with Gasteiger partial charge in [0.05, 0.1) is 25.3 Å². The third-order valence-electron chi connectivity index (χ3n) is 4.05. The number of benzene rings is 1. The number of hydrogen-bond acceptors (Lipinski definition) is 4. The molecule has 0 radical (unpaired) electrons. The largest absolute Gasteiger partial charge is 0.465 e. The average molecular weight is 338 g/mol. The third kappa shape index (κ3) is 3.39. The highest BCUT2D eigenvalue weighted by molar-refractivity contribution is 7.92. The van der Waals surface area contributed by atoms with Gasteiger partial charge in [0.1, 0.15) is 0 Å². The highest BCUT2D eigenvalue weighted by Crippen LogP contribution is 2.25. The van der Waals surface area contributed by atoms with Crippen LogP contribution in [0.5, 0.6) is 0 Å². The van der Waals surface area contributed by atoms with Gasteiger partial charge in [-0.3, -0.25) is 4.90 Å². The summed E-state index contributed by atoms with van der Waals surface area (Å²) in [7, 11) is -3.50. The topological polar surface area (TPSA) is 87.2 Å². The molecule has 2 bridgehead atoms. The average Bonchev–Trinajstić information content (AvgIpc) is 2.53. The van der Waals surface area contributed by atoms with E-state index in [1.165, 1.54) is 15.3 Å². The van der Waals surface area contributed by atoms with Gasteiger partial charge in [-0.2, -0.15) is 4.31 Å². The first-order valence-electron chi connectivity index (χ1n) is 7.28. The quantitative estimate of drug-likeness (QED) is 0.888. The number of hydrogen-bond donors (Lipinski definition) is 1. The number of ether oxygens (including phenoxy) is 1. The van der Waals surface area contributed by atoms with Crippen molar-refractivity contribution in [3.05, 3.63) is 47.4 Å². The zero-order valence-electron chi connectivity index (χ0n) is 12.4. The number of piperazine rings is 1. The summed E-state index contributed by atoms with van der Waals surface area (Å²) in [6, 6.07) is 8.60. The van der Waals surface area contributed by atoms with Crippen LogP contribution in [0.15, 0.2) is 41.8 Å². The predicted octanol–water partition coefficient (Wildman–Crippen LogP) is 1.09. The second-order valence-electron chi connectivity index (χ2n) is 5.60. The lowest BCUT2D eigenvalue weighted by molar-refractivity contribution is 0.0269. The zero-order chi connectivity index (χ0) is 16.4. The van der Waals surface area contributed by atoms with E-state index in [0.29, 0.717) is 6.61 Å². The number of carboxylic acid groups (broad SMARTS) is 1. The molecule has 0 aliphatic carbocycles. The molecule has 0 aromatic heterocycles. The monoisotopic (exact) mass is 338 g/mol. The maximum Gasteiger partial charge on any atom is 0.407 e. The smallest absolute Gasteiger partial charge is 0.407 e. The summed E-state index contributed by atoms with van der Waals surface area (Å²) in [5, 5.41) is 10.4. The number of rotatable bonds is 4. The predicted molar refractivity (Wildman–Crippen MR) is 83.2 cm³/mol. The standard InChI is InChI=1S/C15H18N2O5S/c18-15(19)16-8-14(11-22-10-12-4-2-1-3-5-12)17-9-13(16)6-7-23(17,20)21/h1-7,13-14H,8-11H2,(H,18,19). The minimum atomic E-state index is -3.50. The molecule has 124 valence electrons. The van der Waals surface area contributed by atoms with Crippen LogP contribution in [-0.2, 0) is 21.4 Å². The van der Waals surface area contributed by atoms with Gasteiger partial charge in [-0.05, 0) is 11.6 Å². The third-order valence-corrected chi connectivity index (χ3v) is 5.65. The van der Waals surface area contributed by atoms with E-state index < -0.39 is 28.2 Å². The highest BCUT2D eigenvalue weighted by atomic mass is 32.2. The zero-order valence-corrected chi connectivity index (χ0v) is 13.2. The Kier molecular flexibility index (Phi) is 4.38. The molecule has 8 heteroatoms. The van der Waals surface area contributed by atoms with E-state index >= 15 is 0 Å². The lowest BCUT2D eigenvalue weighted by atomic mass is 10.1. The normalized spacial score (nSPS) is 28.5. The van der Waals surface area contributed by atoms with E-state index in [2.05, 4.69) is 0 Å². The van der Waals surface area contributed by atoms with Crippen molar-refractivity contribution in [2.24, 2.45) is 0 Å². The second kappa shape index (κ2) is 6.31. The molecule has 1 aromatic rings. The van der Waals surface area contributed by atoms with E-state index in [9.17, 15) is 18.3 Å². The SMILES string of the molecule is O=C(O)N1CC(COCc2ccccc2)N2CC1C=CS2(=O)=O. The van der Waals surface area contributed by atoms with Gasteiger partial charge in [0.2, 0.25) is 10.0 Å². The number of sulfonamides is 1. The molecule has 1 N–H and O–H groups in total. The van der Waals surface area contributed by atoms with Gasteiger partial charge in [-0.1, -0.05) is 30.3 Å². The van der Waals surface area contributed by atoms with Crippen molar-refractivity contribution in [1.82, 2.24) is 9.21 Å². The van der Waals surface area contributed by atoms with E-state index in [4.69, 9.17) is 4.74 Å². The lowest BCUT2D eigenvalue weighted by Crippen LogP contribution is -2.62. The van der Waals surface area contributed by atoms with E-state index in [0.717, 1.165) is 11.0 Å². The van der Waals surface area contributed by atoms with Crippen molar-refractivity contribution in [2.75, 3.05) is 19.7 Å². The van der Waals surface area contributed by atoms with Gasteiger partial charge in [0.25, 0.3) is 0 Å². The fourth-order valence-corrected chi connectivity index (χ4v) is 4.31. The molecular weight excluding hydrogens is 320 g/mol. The molecule has 3 unspecified atom stereocenters. The highest BCUT2D eigenvalue weighted by Gasteiger charge is 2.42. The van der Waals surface area contributed by atoms with Crippen LogP contribution in [0.2, 0.25) is 0 Å². The Balaban J connectivity index is 1.69. The fraction of sp³-hybridized carbons (Fsp3) is 0.400. The van der Waals surface area contributed by atoms with Gasteiger partial charge in [0, 0.05) is 18.5 Å². The van der Waals surface area contributed by atoms with Crippen LogP contribution < -0.4 is 0 Å². The Bertz CT molecular complexity index is 704. The van der Waals surface area contributed by atoms with Gasteiger partial charge in [0.15, 0.2) is 0 Å². The van der Waals surface area contributed by atoms with Gasteiger partial charge < -0.3 is 9.84 Å². The first kappa shape index (κ1) is 16.0. The summed E-state index contributed by atoms with van der Waals surface area (Å²) in [6.45, 7) is 0.763. The molecule has 3 atom stereocenters. The summed E-state index contributed by atoms with van der Waals surface area (Å²) < 4.78 is 31.2. The summed E-state index contributed by atoms with van der Waals surface area (Å²) >= 11 is 0. The van der Waals surface area contributed by atoms with Gasteiger partial charge in [-0.25, -0.2) is 13.2 Å². The molecule has 0 spiro atoms. The van der Waals surface area contributed by atoms with Crippen LogP contribution in [0.1, 0.15) is 5.56 Å². The van der Waals surface area contributed by atoms with Crippen molar-refractivity contribution in [1.29, 1.82) is 0 Å². The number of nitrogens with zero attached hydrogens (tertiary/aromatic N) is 2. The Morgan fingerprint density at radius 3 is 2.70 bits per heavy atom. The van der Waals surface area contributed by atoms with Crippen LogP contribution in [-0.4, -0.2) is 60.6 Å². The molecule has 7 nitrogen and oxygen atoms in total. The maximum absolute atomic E-state index is 12.1. The molecule has 1 fully saturated rings. The maximum atomic E-state index is 12.1. The van der Waals surface area contributed by atoms with Crippen molar-refractivity contribution in [3.63, 3.8) is 0 Å². The van der Waals surface area contributed by atoms with Gasteiger partial charge >= 0.3 is 6.09 Å². The second-order valence-corrected chi connectivity index (χ2v) is 7.37. The Labute approximate surface area is 134 Å². The minimum absolute atomic E-state index is 0.109. The summed E-state index contributed by atoms with van der Waals surface area (Å²) in [5.41, 5.74) is 0.984. The Morgan fingerprint density at radius 1 is 1.26 bits per heavy atom. The van der Waals surface area contributed by atoms with E-state index in [-0.39, 0.29) is 19.7 Å². The molecule has 1 aromatic carbocycles. The molecule has 2 aliphatic heterocycles. The summed E-state index contributed by atoms with van der Waals surface area (Å²) in [4.78, 5) is 12.6. The number of carbonyl (C=O) groups is 1. The van der Waals surface area contributed by atoms with Gasteiger partial charge in [-0.15, -0.1) is 0 Å². The Hall–Kier alpha value is -1.90. The molecule has 2 heterocycles. The molecule has 1 saturated heterocycles. The van der Waals surface area contributed by atoms with Crippen molar-refractivity contribution in [2.45, 2.75) is 18.7 Å². The van der Waals surface area contributed by atoms with Crippen molar-refractivity contribution in [3.8, 4) is 0 Å². The fourth-order valence-electron chi connectivity index (χ4n) is 2.87. The van der Waals surface area contributed by atoms with Crippen LogP contribution in [0, 0.1) is 0 Å². The molecule has 2 aliphatic rings. The molecule has 23 heavy (non-hydrogen) atoms. The van der Waals surface area contributed by atoms with Crippen LogP contribution in [0.4, 0.5) is 4.79 Å². The first-order chi connectivity index (χ1) is 11.0. The van der Waals surface area contributed by atoms with E-state index in [1.54, 1.807) is 0 Å². The summed E-state index contributed by atoms with van der Waals surface area (Å²) in [6.07, 6.45) is 0.382. The molecule has 1 amide bonds. The Morgan fingerprint density at radius 2 is 2.00 bits per heavy atom. The minimum Gasteiger partial charge on any atom is -0.465 e. The molecule has 0 saturated carbocycles. The van der Waals surface area contributed by atoms with Crippen LogP contribution >= 0.6 is 0 Å². The van der Waals surface area contributed by atoms with Crippen molar-refractivity contribution >= 4 is 16.1 Å². The van der Waals surface area contributed by atoms with E-state index in [1.807, 2.05) is 30.3 Å². The molecular formula is C15H18N2O5S. The van der Waals surface area contributed by atoms with Crippen molar-refractivity contribution < 1.29 is 23.1 Å². The number of fused-ring (bicyclic) bond motifs is 2. The summed E-state index contributed by atoms with van der Waals surface area (Å²) in [5.74, 6) is 0.